The standard InChI is InChI=1S/C23H31N5O4/c1-23(2,3)32-22(30)27-21(29)18-15-25-19(16-8-6-5-7-9-16)26-20(18)28-12-11-24-14-17(28)10-13-31-4/h5-9,15,17,24H,10-14H2,1-4H3,(H,27,29,30). The lowest BCUT2D eigenvalue weighted by molar-refractivity contribution is 0.0508. The molecule has 9 heteroatoms. The van der Waals surface area contributed by atoms with E-state index in [-0.39, 0.29) is 11.6 Å². The lowest BCUT2D eigenvalue weighted by atomic mass is 10.1. The molecule has 172 valence electrons. The highest BCUT2D eigenvalue weighted by molar-refractivity contribution is 6.06. The van der Waals surface area contributed by atoms with Gasteiger partial charge in [-0.15, -0.1) is 0 Å². The van der Waals surface area contributed by atoms with Gasteiger partial charge in [0.2, 0.25) is 0 Å². The minimum absolute atomic E-state index is 0.0790. The van der Waals surface area contributed by atoms with Crippen LogP contribution in [0, 0.1) is 0 Å². The van der Waals surface area contributed by atoms with Gasteiger partial charge >= 0.3 is 6.09 Å². The van der Waals surface area contributed by atoms with E-state index in [1.54, 1.807) is 27.9 Å². The maximum Gasteiger partial charge on any atom is 0.414 e. The van der Waals surface area contributed by atoms with Crippen molar-refractivity contribution in [1.82, 2.24) is 20.6 Å². The first kappa shape index (κ1) is 23.6. The van der Waals surface area contributed by atoms with Crippen LogP contribution in [0.2, 0.25) is 0 Å². The quantitative estimate of drug-likeness (QED) is 0.705. The van der Waals surface area contributed by atoms with Gasteiger partial charge in [-0.25, -0.2) is 14.8 Å². The lowest BCUT2D eigenvalue weighted by Crippen LogP contribution is -2.52. The van der Waals surface area contributed by atoms with Gasteiger partial charge in [0.05, 0.1) is 0 Å². The highest BCUT2D eigenvalue weighted by Crippen LogP contribution is 2.26. The number of hydrogen-bond acceptors (Lipinski definition) is 8. The van der Waals surface area contributed by atoms with Gasteiger partial charge in [0.1, 0.15) is 17.0 Å². The zero-order chi connectivity index (χ0) is 23.1. The Morgan fingerprint density at radius 3 is 2.69 bits per heavy atom. The summed E-state index contributed by atoms with van der Waals surface area (Å²) >= 11 is 0. The lowest BCUT2D eigenvalue weighted by Gasteiger charge is -2.38. The predicted octanol–water partition coefficient (Wildman–Crippen LogP) is 2.62. The number of alkyl carbamates (subject to hydrolysis) is 1. The number of rotatable bonds is 6. The van der Waals surface area contributed by atoms with Crippen LogP contribution in [-0.2, 0) is 9.47 Å². The number of nitrogens with zero attached hydrogens (tertiary/aromatic N) is 3. The summed E-state index contributed by atoms with van der Waals surface area (Å²) in [4.78, 5) is 36.5. The molecule has 1 aliphatic rings. The van der Waals surface area contributed by atoms with E-state index in [0.29, 0.717) is 24.8 Å². The summed E-state index contributed by atoms with van der Waals surface area (Å²) in [7, 11) is 1.67. The molecule has 1 saturated heterocycles. The predicted molar refractivity (Wildman–Crippen MR) is 122 cm³/mol. The molecular formula is C23H31N5O4. The fraction of sp³-hybridized carbons (Fsp3) is 0.478. The fourth-order valence-electron chi connectivity index (χ4n) is 3.49. The van der Waals surface area contributed by atoms with E-state index in [4.69, 9.17) is 14.5 Å². The van der Waals surface area contributed by atoms with Crippen LogP contribution in [0.1, 0.15) is 37.6 Å². The first-order valence-electron chi connectivity index (χ1n) is 10.7. The Morgan fingerprint density at radius 1 is 1.25 bits per heavy atom. The van der Waals surface area contributed by atoms with Crippen molar-refractivity contribution in [2.45, 2.75) is 38.8 Å². The van der Waals surface area contributed by atoms with E-state index in [1.165, 1.54) is 6.20 Å². The largest absolute Gasteiger partial charge is 0.444 e. The molecule has 1 unspecified atom stereocenters. The molecule has 2 N–H and O–H groups in total. The van der Waals surface area contributed by atoms with E-state index in [0.717, 1.165) is 25.1 Å². The van der Waals surface area contributed by atoms with E-state index in [9.17, 15) is 9.59 Å². The van der Waals surface area contributed by atoms with Crippen LogP contribution in [0.5, 0.6) is 0 Å². The van der Waals surface area contributed by atoms with Crippen LogP contribution < -0.4 is 15.5 Å². The third kappa shape index (κ3) is 6.24. The number of hydrogen-bond donors (Lipinski definition) is 2. The molecule has 2 aromatic rings. The molecular weight excluding hydrogens is 410 g/mol. The normalized spacial score (nSPS) is 16.5. The van der Waals surface area contributed by atoms with Crippen molar-refractivity contribution in [2.75, 3.05) is 38.3 Å². The Morgan fingerprint density at radius 2 is 2.00 bits per heavy atom. The van der Waals surface area contributed by atoms with Gasteiger partial charge in [0.25, 0.3) is 5.91 Å². The van der Waals surface area contributed by atoms with Crippen molar-refractivity contribution < 1.29 is 19.1 Å². The van der Waals surface area contributed by atoms with Crippen molar-refractivity contribution in [3.8, 4) is 11.4 Å². The van der Waals surface area contributed by atoms with Gasteiger partial charge in [0, 0.05) is 51.2 Å². The number of piperazine rings is 1. The molecule has 32 heavy (non-hydrogen) atoms. The topological polar surface area (TPSA) is 106 Å². The van der Waals surface area contributed by atoms with Gasteiger partial charge in [0.15, 0.2) is 5.82 Å². The first-order chi connectivity index (χ1) is 15.3. The number of imide groups is 1. The van der Waals surface area contributed by atoms with E-state index < -0.39 is 17.6 Å². The van der Waals surface area contributed by atoms with Crippen molar-refractivity contribution in [1.29, 1.82) is 0 Å². The molecule has 1 fully saturated rings. The molecule has 0 radical (unpaired) electrons. The Balaban J connectivity index is 1.96. The highest BCUT2D eigenvalue weighted by atomic mass is 16.6. The van der Waals surface area contributed by atoms with Gasteiger partial charge in [-0.1, -0.05) is 30.3 Å². The van der Waals surface area contributed by atoms with Crippen LogP contribution in [0.3, 0.4) is 0 Å². The summed E-state index contributed by atoms with van der Waals surface area (Å²) in [6.07, 6.45) is 1.43. The van der Waals surface area contributed by atoms with Gasteiger partial charge in [-0.3, -0.25) is 10.1 Å². The minimum Gasteiger partial charge on any atom is -0.444 e. The molecule has 0 aliphatic carbocycles. The van der Waals surface area contributed by atoms with Crippen LogP contribution in [0.25, 0.3) is 11.4 Å². The molecule has 3 rings (SSSR count). The summed E-state index contributed by atoms with van der Waals surface area (Å²) in [6, 6.07) is 9.65. The second kappa shape index (κ2) is 10.5. The monoisotopic (exact) mass is 441 g/mol. The zero-order valence-electron chi connectivity index (χ0n) is 19.1. The van der Waals surface area contributed by atoms with Gasteiger partial charge in [-0.2, -0.15) is 0 Å². The van der Waals surface area contributed by atoms with Crippen molar-refractivity contribution >= 4 is 17.8 Å². The van der Waals surface area contributed by atoms with Gasteiger partial charge < -0.3 is 19.7 Å². The Hall–Kier alpha value is -3.04. The number of amides is 2. The van der Waals surface area contributed by atoms with Crippen molar-refractivity contribution in [3.63, 3.8) is 0 Å². The van der Waals surface area contributed by atoms with E-state index in [1.807, 2.05) is 30.3 Å². The summed E-state index contributed by atoms with van der Waals surface area (Å²) in [5.41, 5.74) is 0.348. The maximum absolute atomic E-state index is 13.0. The number of ether oxygens (including phenoxy) is 2. The number of carbonyl (C=O) groups is 2. The third-order valence-electron chi connectivity index (χ3n) is 4.94. The molecule has 1 atom stereocenters. The zero-order valence-corrected chi connectivity index (χ0v) is 19.1. The number of anilines is 1. The molecule has 0 saturated carbocycles. The maximum atomic E-state index is 13.0. The number of benzene rings is 1. The Bertz CT molecular complexity index is 930. The summed E-state index contributed by atoms with van der Waals surface area (Å²) in [5, 5.41) is 5.68. The third-order valence-corrected chi connectivity index (χ3v) is 4.94. The van der Waals surface area contributed by atoms with Crippen LogP contribution >= 0.6 is 0 Å². The summed E-state index contributed by atoms with van der Waals surface area (Å²) < 4.78 is 10.5. The van der Waals surface area contributed by atoms with Crippen LogP contribution in [0.4, 0.5) is 10.6 Å². The number of carbonyl (C=O) groups excluding carboxylic acids is 2. The molecule has 2 amide bonds. The SMILES string of the molecule is COCCC1CNCCN1c1nc(-c2ccccc2)ncc1C(=O)NC(=O)OC(C)(C)C. The molecule has 1 aromatic heterocycles. The second-order valence-electron chi connectivity index (χ2n) is 8.59. The van der Waals surface area contributed by atoms with Crippen LogP contribution in [0.15, 0.2) is 36.5 Å². The molecule has 1 aromatic carbocycles. The van der Waals surface area contributed by atoms with Gasteiger partial charge in [-0.05, 0) is 27.2 Å². The smallest absolute Gasteiger partial charge is 0.414 e. The van der Waals surface area contributed by atoms with Crippen molar-refractivity contribution in [3.05, 3.63) is 42.1 Å². The average molecular weight is 442 g/mol. The van der Waals surface area contributed by atoms with Crippen molar-refractivity contribution in [2.24, 2.45) is 0 Å². The average Bonchev–Trinajstić information content (AvgIpc) is 2.76. The fourth-order valence-corrected chi connectivity index (χ4v) is 3.49. The van der Waals surface area contributed by atoms with E-state index >= 15 is 0 Å². The first-order valence-corrected chi connectivity index (χ1v) is 10.7. The van der Waals surface area contributed by atoms with E-state index in [2.05, 4.69) is 20.5 Å². The molecule has 0 bridgehead atoms. The Labute approximate surface area is 188 Å². The molecule has 1 aliphatic heterocycles. The number of nitrogens with one attached hydrogen (secondary N) is 2. The Kier molecular flexibility index (Phi) is 7.76. The second-order valence-corrected chi connectivity index (χ2v) is 8.59. The summed E-state index contributed by atoms with van der Waals surface area (Å²) in [5.74, 6) is 0.402. The molecule has 2 heterocycles. The molecule has 0 spiro atoms. The molecule has 9 nitrogen and oxygen atoms in total. The number of aromatic nitrogens is 2. The summed E-state index contributed by atoms with van der Waals surface area (Å²) in [6.45, 7) is 7.94. The minimum atomic E-state index is -0.808. The number of methoxy groups -OCH3 is 1. The van der Waals surface area contributed by atoms with Crippen LogP contribution in [-0.4, -0.2) is 67.0 Å². The highest BCUT2D eigenvalue weighted by Gasteiger charge is 2.29.